The Kier molecular flexibility index (Phi) is 4.40. The second-order valence-electron chi connectivity index (χ2n) is 5.38. The lowest BCUT2D eigenvalue weighted by molar-refractivity contribution is -0.127. The summed E-state index contributed by atoms with van der Waals surface area (Å²) >= 11 is 0. The van der Waals surface area contributed by atoms with Gasteiger partial charge < -0.3 is 10.4 Å². The Bertz CT molecular complexity index is 264. The number of aliphatic hydroxyl groups excluding tert-OH is 1. The summed E-state index contributed by atoms with van der Waals surface area (Å²) in [5, 5.41) is 12.4. The summed E-state index contributed by atoms with van der Waals surface area (Å²) in [6.07, 6.45) is 6.83. The number of likely N-dealkylation sites (tertiary alicyclic amines) is 1. The van der Waals surface area contributed by atoms with Gasteiger partial charge in [0.05, 0.1) is 12.6 Å². The number of rotatable bonds is 4. The number of carbonyl (C=O) groups excluding carboxylic acids is 1. The molecule has 1 unspecified atom stereocenters. The van der Waals surface area contributed by atoms with E-state index in [-0.39, 0.29) is 24.6 Å². The fraction of sp³-hybridized carbons (Fsp3) is 0.923. The first-order valence-corrected chi connectivity index (χ1v) is 6.89. The largest absolute Gasteiger partial charge is 0.395 e. The van der Waals surface area contributed by atoms with Gasteiger partial charge in [0.2, 0.25) is 5.91 Å². The Morgan fingerprint density at radius 3 is 2.71 bits per heavy atom. The van der Waals surface area contributed by atoms with Crippen molar-refractivity contribution in [1.82, 2.24) is 10.2 Å². The molecule has 0 aromatic carbocycles. The third-order valence-corrected chi connectivity index (χ3v) is 4.21. The molecule has 0 aromatic heterocycles. The summed E-state index contributed by atoms with van der Waals surface area (Å²) in [5.74, 6) is 0.136. The Hall–Kier alpha value is -0.610. The van der Waals surface area contributed by atoms with Crippen molar-refractivity contribution >= 4 is 5.91 Å². The third kappa shape index (κ3) is 2.99. The molecule has 1 amide bonds. The van der Waals surface area contributed by atoms with Crippen molar-refractivity contribution in [2.75, 3.05) is 13.2 Å². The Balaban J connectivity index is 1.85. The molecule has 2 rings (SSSR count). The van der Waals surface area contributed by atoms with E-state index in [0.29, 0.717) is 6.04 Å². The monoisotopic (exact) mass is 240 g/mol. The molecule has 2 aliphatic rings. The van der Waals surface area contributed by atoms with Crippen LogP contribution in [0.3, 0.4) is 0 Å². The van der Waals surface area contributed by atoms with E-state index in [4.69, 9.17) is 0 Å². The van der Waals surface area contributed by atoms with Crippen LogP contribution in [0.25, 0.3) is 0 Å². The number of aliphatic hydroxyl groups is 1. The maximum Gasteiger partial charge on any atom is 0.237 e. The molecular weight excluding hydrogens is 216 g/mol. The van der Waals surface area contributed by atoms with Crippen molar-refractivity contribution < 1.29 is 9.90 Å². The van der Waals surface area contributed by atoms with Crippen molar-refractivity contribution in [2.45, 2.75) is 63.6 Å². The molecule has 1 saturated carbocycles. The molecule has 0 spiro atoms. The van der Waals surface area contributed by atoms with Crippen LogP contribution in [0.15, 0.2) is 0 Å². The van der Waals surface area contributed by atoms with E-state index in [9.17, 15) is 9.90 Å². The molecule has 17 heavy (non-hydrogen) atoms. The van der Waals surface area contributed by atoms with Crippen LogP contribution in [-0.2, 0) is 4.79 Å². The minimum atomic E-state index is -0.102. The van der Waals surface area contributed by atoms with E-state index in [0.717, 1.165) is 32.2 Å². The minimum Gasteiger partial charge on any atom is -0.395 e. The topological polar surface area (TPSA) is 52.6 Å². The molecule has 0 bridgehead atoms. The molecule has 2 atom stereocenters. The van der Waals surface area contributed by atoms with Gasteiger partial charge in [-0.2, -0.15) is 0 Å². The maximum absolute atomic E-state index is 12.1. The van der Waals surface area contributed by atoms with E-state index in [1.807, 2.05) is 6.92 Å². The summed E-state index contributed by atoms with van der Waals surface area (Å²) in [7, 11) is 0. The van der Waals surface area contributed by atoms with Gasteiger partial charge in [0.25, 0.3) is 0 Å². The zero-order chi connectivity index (χ0) is 12.3. The van der Waals surface area contributed by atoms with Crippen LogP contribution in [0.2, 0.25) is 0 Å². The summed E-state index contributed by atoms with van der Waals surface area (Å²) in [6, 6.07) is 0.467. The van der Waals surface area contributed by atoms with Gasteiger partial charge in [0.1, 0.15) is 0 Å². The lowest BCUT2D eigenvalue weighted by Gasteiger charge is -2.29. The van der Waals surface area contributed by atoms with Crippen LogP contribution in [0.4, 0.5) is 0 Å². The lowest BCUT2D eigenvalue weighted by Crippen LogP contribution is -2.50. The van der Waals surface area contributed by atoms with E-state index in [2.05, 4.69) is 10.2 Å². The highest BCUT2D eigenvalue weighted by molar-refractivity contribution is 5.81. The van der Waals surface area contributed by atoms with Gasteiger partial charge in [-0.15, -0.1) is 0 Å². The predicted octanol–water partition coefficient (Wildman–Crippen LogP) is 0.890. The first-order valence-electron chi connectivity index (χ1n) is 6.89. The highest BCUT2D eigenvalue weighted by atomic mass is 16.3. The number of carbonyl (C=O) groups is 1. The molecule has 2 fully saturated rings. The fourth-order valence-electron chi connectivity index (χ4n) is 3.11. The molecule has 4 nitrogen and oxygen atoms in total. The first kappa shape index (κ1) is 12.8. The Morgan fingerprint density at radius 2 is 2.06 bits per heavy atom. The summed E-state index contributed by atoms with van der Waals surface area (Å²) in [5.41, 5.74) is 0. The molecule has 98 valence electrons. The van der Waals surface area contributed by atoms with Crippen LogP contribution >= 0.6 is 0 Å². The average Bonchev–Trinajstić information content (AvgIpc) is 2.97. The van der Waals surface area contributed by atoms with Crippen LogP contribution in [0.1, 0.15) is 45.4 Å². The summed E-state index contributed by atoms with van der Waals surface area (Å²) in [6.45, 7) is 3.06. The average molecular weight is 240 g/mol. The second-order valence-corrected chi connectivity index (χ2v) is 5.38. The normalized spacial score (nSPS) is 28.5. The first-order chi connectivity index (χ1) is 8.22. The van der Waals surface area contributed by atoms with E-state index >= 15 is 0 Å². The quantitative estimate of drug-likeness (QED) is 0.767. The van der Waals surface area contributed by atoms with Crippen LogP contribution < -0.4 is 5.32 Å². The number of hydrogen-bond donors (Lipinski definition) is 2. The zero-order valence-electron chi connectivity index (χ0n) is 10.7. The smallest absolute Gasteiger partial charge is 0.237 e. The van der Waals surface area contributed by atoms with Gasteiger partial charge in [0.15, 0.2) is 0 Å². The predicted molar refractivity (Wildman–Crippen MR) is 66.7 cm³/mol. The highest BCUT2D eigenvalue weighted by Crippen LogP contribution is 2.21. The van der Waals surface area contributed by atoms with Gasteiger partial charge in [-0.1, -0.05) is 12.8 Å². The Labute approximate surface area is 103 Å². The SMILES string of the molecule is CC(C(=O)NC1CCCC1)N1CCC[C@H]1CO. The maximum atomic E-state index is 12.1. The lowest BCUT2D eigenvalue weighted by atomic mass is 10.2. The van der Waals surface area contributed by atoms with Crippen LogP contribution in [-0.4, -0.2) is 47.2 Å². The molecule has 4 heteroatoms. The van der Waals surface area contributed by atoms with Gasteiger partial charge in [-0.05, 0) is 39.2 Å². The van der Waals surface area contributed by atoms with Crippen molar-refractivity contribution in [2.24, 2.45) is 0 Å². The second kappa shape index (κ2) is 5.83. The van der Waals surface area contributed by atoms with Crippen molar-refractivity contribution in [1.29, 1.82) is 0 Å². The van der Waals surface area contributed by atoms with E-state index in [1.54, 1.807) is 0 Å². The summed E-state index contributed by atoms with van der Waals surface area (Å²) in [4.78, 5) is 14.3. The molecule has 1 saturated heterocycles. The number of amides is 1. The fourth-order valence-corrected chi connectivity index (χ4v) is 3.11. The number of nitrogens with one attached hydrogen (secondary N) is 1. The molecule has 0 radical (unpaired) electrons. The van der Waals surface area contributed by atoms with Gasteiger partial charge in [0, 0.05) is 12.1 Å². The van der Waals surface area contributed by atoms with Crippen LogP contribution in [0, 0.1) is 0 Å². The molecule has 0 aromatic rings. The molecule has 2 N–H and O–H groups in total. The van der Waals surface area contributed by atoms with Crippen molar-refractivity contribution in [3.63, 3.8) is 0 Å². The summed E-state index contributed by atoms with van der Waals surface area (Å²) < 4.78 is 0. The van der Waals surface area contributed by atoms with E-state index in [1.165, 1.54) is 12.8 Å². The molecular formula is C13H24N2O2. The van der Waals surface area contributed by atoms with Gasteiger partial charge >= 0.3 is 0 Å². The standard InChI is InChI=1S/C13H24N2O2/c1-10(15-8-4-7-12(15)9-16)13(17)14-11-5-2-3-6-11/h10-12,16H,2-9H2,1H3,(H,14,17)/t10?,12-/m0/s1. The zero-order valence-corrected chi connectivity index (χ0v) is 10.7. The molecule has 1 aliphatic heterocycles. The highest BCUT2D eigenvalue weighted by Gasteiger charge is 2.32. The van der Waals surface area contributed by atoms with Gasteiger partial charge in [-0.3, -0.25) is 9.69 Å². The Morgan fingerprint density at radius 1 is 1.35 bits per heavy atom. The van der Waals surface area contributed by atoms with E-state index < -0.39 is 0 Å². The number of hydrogen-bond acceptors (Lipinski definition) is 3. The minimum absolute atomic E-state index is 0.102. The molecule has 1 heterocycles. The third-order valence-electron chi connectivity index (χ3n) is 4.21. The van der Waals surface area contributed by atoms with Gasteiger partial charge in [-0.25, -0.2) is 0 Å². The van der Waals surface area contributed by atoms with Crippen LogP contribution in [0.5, 0.6) is 0 Å². The number of nitrogens with zero attached hydrogens (tertiary/aromatic N) is 1. The molecule has 1 aliphatic carbocycles. The van der Waals surface area contributed by atoms with Crippen molar-refractivity contribution in [3.8, 4) is 0 Å². The van der Waals surface area contributed by atoms with Crippen molar-refractivity contribution in [3.05, 3.63) is 0 Å².